The van der Waals surface area contributed by atoms with Crippen LogP contribution in [0.25, 0.3) is 16.9 Å². The summed E-state index contributed by atoms with van der Waals surface area (Å²) in [5.74, 6) is 0.922. The Hall–Kier alpha value is -2.73. The van der Waals surface area contributed by atoms with Crippen molar-refractivity contribution in [1.82, 2.24) is 5.27 Å². The van der Waals surface area contributed by atoms with E-state index in [2.05, 4.69) is 5.27 Å². The van der Waals surface area contributed by atoms with E-state index in [0.717, 1.165) is 0 Å². The highest BCUT2D eigenvalue weighted by molar-refractivity contribution is 6.32. The van der Waals surface area contributed by atoms with E-state index in [1.165, 1.54) is 18.9 Å². The van der Waals surface area contributed by atoms with Crippen molar-refractivity contribution in [2.45, 2.75) is 0 Å². The minimum atomic E-state index is -0.493. The molecule has 6 nitrogen and oxygen atoms in total. The number of rotatable bonds is 4. The van der Waals surface area contributed by atoms with Crippen LogP contribution in [0.4, 0.5) is 0 Å². The molecule has 0 spiro atoms. The molecular weight excluding hydrogens is 320 g/mol. The number of nitrogens with one attached hydrogen (secondary N) is 1. The molecule has 1 aromatic heterocycles. The number of hydrogen-bond acceptors (Lipinski definition) is 4. The minimum Gasteiger partial charge on any atom is -0.495 e. The van der Waals surface area contributed by atoms with Gasteiger partial charge in [0.1, 0.15) is 5.75 Å². The summed E-state index contributed by atoms with van der Waals surface area (Å²) in [4.78, 5) is 12.1. The zero-order chi connectivity index (χ0) is 16.4. The molecule has 0 saturated heterocycles. The number of hydrogen-bond donors (Lipinski definition) is 1. The molecule has 1 N–H and O–H groups in total. The van der Waals surface area contributed by atoms with Crippen molar-refractivity contribution in [1.29, 1.82) is 0 Å². The molecule has 0 radical (unpaired) electrons. The van der Waals surface area contributed by atoms with Crippen LogP contribution in [-0.2, 0) is 0 Å². The molecule has 0 unspecified atom stereocenters. The van der Waals surface area contributed by atoms with Gasteiger partial charge in [0, 0.05) is 6.07 Å². The van der Waals surface area contributed by atoms with Gasteiger partial charge in [-0.15, -0.1) is 0 Å². The standard InChI is InChI=1S/C16H13ClN2O4/c1-21-13-9-12(14(22-2)8-11(13)17)19-15(16(20)23-18-19)10-6-4-3-5-7-10/h3-9H,1-2H3/p+1. The van der Waals surface area contributed by atoms with Gasteiger partial charge < -0.3 is 9.47 Å². The number of ether oxygens (including phenoxy) is 2. The van der Waals surface area contributed by atoms with Gasteiger partial charge in [-0.3, -0.25) is 4.52 Å². The maximum Gasteiger partial charge on any atom is 0.435 e. The predicted molar refractivity (Wildman–Crippen MR) is 84.4 cm³/mol. The second kappa shape index (κ2) is 6.18. The molecule has 0 fully saturated rings. The number of halogens is 1. The molecule has 0 aliphatic heterocycles. The molecule has 2 aromatic carbocycles. The second-order valence-corrected chi connectivity index (χ2v) is 5.10. The number of aromatic nitrogens is 2. The van der Waals surface area contributed by atoms with Gasteiger partial charge >= 0.3 is 11.3 Å². The minimum absolute atomic E-state index is 0.341. The molecule has 0 amide bonds. The SMILES string of the molecule is COc1cc(-[n+]2[nH]oc(=O)c2-c2ccccc2)c(OC)cc1Cl. The van der Waals surface area contributed by atoms with Crippen LogP contribution in [0, 0.1) is 0 Å². The monoisotopic (exact) mass is 333 g/mol. The molecule has 0 bridgehead atoms. The summed E-state index contributed by atoms with van der Waals surface area (Å²) in [6, 6.07) is 12.5. The summed E-state index contributed by atoms with van der Waals surface area (Å²) in [5, 5.41) is 2.99. The third-order valence-corrected chi connectivity index (χ3v) is 3.68. The van der Waals surface area contributed by atoms with E-state index in [9.17, 15) is 4.79 Å². The van der Waals surface area contributed by atoms with Crippen LogP contribution in [-0.4, -0.2) is 19.5 Å². The predicted octanol–water partition coefficient (Wildman–Crippen LogP) is 2.58. The summed E-state index contributed by atoms with van der Waals surface area (Å²) < 4.78 is 17.0. The topological polar surface area (TPSA) is 68.3 Å². The largest absolute Gasteiger partial charge is 0.495 e. The summed E-state index contributed by atoms with van der Waals surface area (Å²) in [7, 11) is 3.03. The van der Waals surface area contributed by atoms with Gasteiger partial charge in [-0.2, -0.15) is 0 Å². The molecule has 0 aliphatic carbocycles. The fourth-order valence-electron chi connectivity index (χ4n) is 2.30. The summed E-state index contributed by atoms with van der Waals surface area (Å²) in [6.07, 6.45) is 0. The Kier molecular flexibility index (Phi) is 4.08. The van der Waals surface area contributed by atoms with Crippen LogP contribution in [0.2, 0.25) is 5.02 Å². The lowest BCUT2D eigenvalue weighted by molar-refractivity contribution is -0.660. The lowest BCUT2D eigenvalue weighted by Crippen LogP contribution is -2.36. The van der Waals surface area contributed by atoms with Crippen LogP contribution in [0.5, 0.6) is 11.5 Å². The van der Waals surface area contributed by atoms with Crippen molar-refractivity contribution in [2.24, 2.45) is 0 Å². The van der Waals surface area contributed by atoms with Crippen molar-refractivity contribution in [3.05, 3.63) is 57.9 Å². The highest BCUT2D eigenvalue weighted by Gasteiger charge is 2.29. The Morgan fingerprint density at radius 1 is 1.09 bits per heavy atom. The second-order valence-electron chi connectivity index (χ2n) is 4.69. The molecule has 7 heteroatoms. The maximum atomic E-state index is 12.1. The van der Waals surface area contributed by atoms with E-state index >= 15 is 0 Å². The van der Waals surface area contributed by atoms with E-state index in [1.807, 2.05) is 30.3 Å². The molecule has 0 atom stereocenters. The lowest BCUT2D eigenvalue weighted by Gasteiger charge is -2.07. The van der Waals surface area contributed by atoms with E-state index in [0.29, 0.717) is 33.5 Å². The van der Waals surface area contributed by atoms with Gasteiger partial charge in [0.25, 0.3) is 5.69 Å². The van der Waals surface area contributed by atoms with E-state index in [4.69, 9.17) is 25.6 Å². The van der Waals surface area contributed by atoms with Crippen LogP contribution in [0.3, 0.4) is 0 Å². The van der Waals surface area contributed by atoms with Crippen molar-refractivity contribution >= 4 is 11.6 Å². The van der Waals surface area contributed by atoms with Gasteiger partial charge in [-0.25, -0.2) is 4.79 Å². The van der Waals surface area contributed by atoms with E-state index < -0.39 is 5.63 Å². The van der Waals surface area contributed by atoms with Crippen LogP contribution in [0.1, 0.15) is 0 Å². The molecule has 0 aliphatic rings. The first kappa shape index (κ1) is 15.2. The zero-order valence-corrected chi connectivity index (χ0v) is 13.3. The first-order valence-corrected chi connectivity index (χ1v) is 7.14. The summed E-state index contributed by atoms with van der Waals surface area (Å²) in [6.45, 7) is 0. The third-order valence-electron chi connectivity index (χ3n) is 3.39. The van der Waals surface area contributed by atoms with Gasteiger partial charge in [0.05, 0.1) is 30.9 Å². The van der Waals surface area contributed by atoms with Gasteiger partial charge in [-0.1, -0.05) is 29.8 Å². The van der Waals surface area contributed by atoms with Gasteiger partial charge in [0.2, 0.25) is 0 Å². The van der Waals surface area contributed by atoms with Gasteiger partial charge in [-0.05, 0) is 22.1 Å². The number of benzene rings is 2. The fourth-order valence-corrected chi connectivity index (χ4v) is 2.53. The maximum absolute atomic E-state index is 12.1. The van der Waals surface area contributed by atoms with Crippen molar-refractivity contribution < 1.29 is 18.7 Å². The Balaban J connectivity index is 2.27. The Morgan fingerprint density at radius 3 is 2.43 bits per heavy atom. The van der Waals surface area contributed by atoms with Crippen LogP contribution >= 0.6 is 11.6 Å². The first-order valence-electron chi connectivity index (χ1n) is 6.76. The summed E-state index contributed by atoms with van der Waals surface area (Å²) in [5.41, 5.74) is 1.09. The fraction of sp³-hybridized carbons (Fsp3) is 0.125. The number of aromatic amines is 1. The Morgan fingerprint density at radius 2 is 1.78 bits per heavy atom. The normalized spacial score (nSPS) is 10.6. The molecule has 3 aromatic rings. The zero-order valence-electron chi connectivity index (χ0n) is 12.5. The molecular formula is C16H14ClN2O4+. The van der Waals surface area contributed by atoms with Crippen molar-refractivity contribution in [3.8, 4) is 28.4 Å². The average Bonchev–Trinajstić information content (AvgIpc) is 2.96. The quantitative estimate of drug-likeness (QED) is 0.745. The van der Waals surface area contributed by atoms with Crippen molar-refractivity contribution in [2.75, 3.05) is 14.2 Å². The molecule has 23 heavy (non-hydrogen) atoms. The average molecular weight is 334 g/mol. The highest BCUT2D eigenvalue weighted by atomic mass is 35.5. The first-order chi connectivity index (χ1) is 11.2. The number of nitrogens with zero attached hydrogens (tertiary/aromatic N) is 1. The van der Waals surface area contributed by atoms with Gasteiger partial charge in [0.15, 0.2) is 5.75 Å². The Bertz CT molecular complexity index is 887. The molecule has 1 heterocycles. The van der Waals surface area contributed by atoms with Crippen molar-refractivity contribution in [3.63, 3.8) is 0 Å². The Labute approximate surface area is 136 Å². The van der Waals surface area contributed by atoms with Crippen LogP contribution < -0.4 is 19.8 Å². The van der Waals surface area contributed by atoms with E-state index in [-0.39, 0.29) is 0 Å². The molecule has 118 valence electrons. The van der Waals surface area contributed by atoms with Crippen LogP contribution in [0.15, 0.2) is 51.8 Å². The number of methoxy groups -OCH3 is 2. The molecule has 3 rings (SSSR count). The molecule has 0 saturated carbocycles. The number of H-pyrrole nitrogens is 1. The lowest BCUT2D eigenvalue weighted by atomic mass is 10.1. The third kappa shape index (κ3) is 2.68. The highest BCUT2D eigenvalue weighted by Crippen LogP contribution is 2.32. The summed E-state index contributed by atoms with van der Waals surface area (Å²) >= 11 is 6.12. The smallest absolute Gasteiger partial charge is 0.435 e. The van der Waals surface area contributed by atoms with E-state index in [1.54, 1.807) is 12.1 Å².